The Morgan fingerprint density at radius 1 is 1.29 bits per heavy atom. The first-order valence-electron chi connectivity index (χ1n) is 11.1. The van der Waals surface area contributed by atoms with Crippen LogP contribution < -0.4 is 9.54 Å². The minimum Gasteiger partial charge on any atom is -0.492 e. The molecule has 1 aliphatic heterocycles. The molecule has 1 amide bonds. The third-order valence-electron chi connectivity index (χ3n) is 5.94. The molecule has 0 bridgehead atoms. The number of halogens is 1. The number of fused-ring (bicyclic) bond motifs is 3. The second kappa shape index (κ2) is 9.52. The zero-order valence-electron chi connectivity index (χ0n) is 18.6. The van der Waals surface area contributed by atoms with Gasteiger partial charge in [-0.1, -0.05) is 35.1 Å². The maximum Gasteiger partial charge on any atom is 0.410 e. The smallest absolute Gasteiger partial charge is 0.410 e. The summed E-state index contributed by atoms with van der Waals surface area (Å²) < 4.78 is 12.8. The molecule has 2 aromatic heterocycles. The molecule has 176 valence electrons. The van der Waals surface area contributed by atoms with Gasteiger partial charge in [-0.2, -0.15) is 5.10 Å². The van der Waals surface area contributed by atoms with Gasteiger partial charge in [0, 0.05) is 28.2 Å². The Kier molecular flexibility index (Phi) is 6.30. The van der Waals surface area contributed by atoms with Gasteiger partial charge in [-0.05, 0) is 54.8 Å². The Morgan fingerprint density at radius 2 is 2.12 bits per heavy atom. The van der Waals surface area contributed by atoms with Crippen molar-refractivity contribution in [3.8, 4) is 5.75 Å². The Hall–Kier alpha value is -3.30. The Labute approximate surface area is 205 Å². The van der Waals surface area contributed by atoms with Crippen LogP contribution in [0.3, 0.4) is 0 Å². The fourth-order valence-electron chi connectivity index (χ4n) is 4.41. The summed E-state index contributed by atoms with van der Waals surface area (Å²) in [5, 5.41) is 13.7. The lowest BCUT2D eigenvalue weighted by molar-refractivity contribution is 0.0932. The number of rotatable bonds is 6. The van der Waals surface area contributed by atoms with Crippen LogP contribution in [0.5, 0.6) is 5.75 Å². The molecule has 8 nitrogen and oxygen atoms in total. The normalized spacial score (nSPS) is 15.4. The number of ether oxygens (including phenoxy) is 2. The summed E-state index contributed by atoms with van der Waals surface area (Å²) in [4.78, 5) is 18.5. The Bertz CT molecular complexity index is 1380. The minimum absolute atomic E-state index is 0.306. The van der Waals surface area contributed by atoms with E-state index in [4.69, 9.17) is 26.5 Å². The van der Waals surface area contributed by atoms with Crippen molar-refractivity contribution in [3.63, 3.8) is 0 Å². The van der Waals surface area contributed by atoms with Gasteiger partial charge in [0.2, 0.25) is 0 Å². The monoisotopic (exact) mass is 497 g/mol. The van der Waals surface area contributed by atoms with E-state index >= 15 is 0 Å². The van der Waals surface area contributed by atoms with Crippen LogP contribution in [-0.2, 0) is 17.7 Å². The first kappa shape index (κ1) is 22.5. The third-order valence-corrected chi connectivity index (χ3v) is 6.81. The molecule has 10 heteroatoms. The summed E-state index contributed by atoms with van der Waals surface area (Å²) in [5.74, 6) is 0.716. The van der Waals surface area contributed by atoms with E-state index in [-0.39, 0.29) is 12.1 Å². The second-order valence-corrected chi connectivity index (χ2v) is 9.21. The SMILES string of the molecule is CCOC(=O)N1CCc2c([nH]c3ccc(Cl)cc23)C1c1ccc(OCCn2ncsc2=N)cc1. The fourth-order valence-corrected chi connectivity index (χ4v) is 5.10. The number of carbonyl (C=O) groups is 1. The van der Waals surface area contributed by atoms with E-state index in [0.717, 1.165) is 28.6 Å². The molecule has 1 unspecified atom stereocenters. The zero-order chi connectivity index (χ0) is 23.7. The van der Waals surface area contributed by atoms with E-state index in [1.165, 1.54) is 16.9 Å². The number of nitrogens with one attached hydrogen (secondary N) is 2. The van der Waals surface area contributed by atoms with Gasteiger partial charge >= 0.3 is 6.09 Å². The molecule has 1 atom stereocenters. The van der Waals surface area contributed by atoms with Crippen LogP contribution in [0.2, 0.25) is 5.02 Å². The van der Waals surface area contributed by atoms with Gasteiger partial charge in [0.15, 0.2) is 4.80 Å². The van der Waals surface area contributed by atoms with Crippen LogP contribution in [0.15, 0.2) is 48.0 Å². The van der Waals surface area contributed by atoms with Gasteiger partial charge in [0.25, 0.3) is 0 Å². The highest BCUT2D eigenvalue weighted by Gasteiger charge is 2.35. The van der Waals surface area contributed by atoms with Gasteiger partial charge in [0.1, 0.15) is 23.9 Å². The van der Waals surface area contributed by atoms with E-state index in [1.54, 1.807) is 15.1 Å². The van der Waals surface area contributed by atoms with Crippen LogP contribution in [0.25, 0.3) is 10.9 Å². The second-order valence-electron chi connectivity index (χ2n) is 7.94. The van der Waals surface area contributed by atoms with Crippen molar-refractivity contribution in [2.75, 3.05) is 19.8 Å². The third kappa shape index (κ3) is 4.28. The van der Waals surface area contributed by atoms with Gasteiger partial charge in [-0.15, -0.1) is 0 Å². The zero-order valence-corrected chi connectivity index (χ0v) is 20.2. The summed E-state index contributed by atoms with van der Waals surface area (Å²) in [7, 11) is 0. The molecule has 4 aromatic rings. The summed E-state index contributed by atoms with van der Waals surface area (Å²) >= 11 is 7.55. The number of amides is 1. The predicted octanol–water partition coefficient (Wildman–Crippen LogP) is 4.74. The summed E-state index contributed by atoms with van der Waals surface area (Å²) in [6, 6.07) is 13.3. The van der Waals surface area contributed by atoms with Crippen LogP contribution in [0.1, 0.15) is 29.8 Å². The molecule has 0 saturated carbocycles. The van der Waals surface area contributed by atoms with Crippen molar-refractivity contribution in [1.82, 2.24) is 19.7 Å². The van der Waals surface area contributed by atoms with E-state index in [9.17, 15) is 4.79 Å². The van der Waals surface area contributed by atoms with Crippen molar-refractivity contribution in [2.24, 2.45) is 0 Å². The maximum absolute atomic E-state index is 12.8. The van der Waals surface area contributed by atoms with Gasteiger partial charge < -0.3 is 14.5 Å². The topological polar surface area (TPSA) is 96.2 Å². The predicted molar refractivity (Wildman–Crippen MR) is 130 cm³/mol. The molecule has 34 heavy (non-hydrogen) atoms. The average molecular weight is 498 g/mol. The van der Waals surface area contributed by atoms with Crippen LogP contribution in [0, 0.1) is 5.41 Å². The largest absolute Gasteiger partial charge is 0.492 e. The highest BCUT2D eigenvalue weighted by Crippen LogP contribution is 2.39. The molecule has 2 N–H and O–H groups in total. The van der Waals surface area contributed by atoms with E-state index < -0.39 is 0 Å². The standard InChI is InChI=1S/C24H24ClN5O3S/c1-2-32-24(31)29-10-9-18-19-13-16(25)5-8-20(19)28-21(18)22(29)15-3-6-17(7-4-15)33-12-11-30-23(26)34-14-27-30/h3-8,13-14,22,26,28H,2,9-12H2,1H3. The number of hydrogen-bond donors (Lipinski definition) is 2. The number of hydrogen-bond acceptors (Lipinski definition) is 6. The lowest BCUT2D eigenvalue weighted by Gasteiger charge is -2.35. The molecule has 0 fully saturated rings. The number of aromatic nitrogens is 3. The molecule has 2 aromatic carbocycles. The molecular formula is C24H24ClN5O3S. The van der Waals surface area contributed by atoms with Crippen molar-refractivity contribution in [1.29, 1.82) is 5.41 Å². The number of benzene rings is 2. The van der Waals surface area contributed by atoms with E-state index in [0.29, 0.717) is 41.9 Å². The molecule has 5 rings (SSSR count). The number of H-pyrrole nitrogens is 1. The molecule has 1 aliphatic rings. The van der Waals surface area contributed by atoms with Crippen molar-refractivity contribution in [2.45, 2.75) is 25.9 Å². The van der Waals surface area contributed by atoms with E-state index in [2.05, 4.69) is 10.1 Å². The van der Waals surface area contributed by atoms with Crippen molar-refractivity contribution < 1.29 is 14.3 Å². The number of carbonyl (C=O) groups excluding carboxylic acids is 1. The molecule has 0 radical (unpaired) electrons. The summed E-state index contributed by atoms with van der Waals surface area (Å²) in [6.45, 7) is 3.60. The minimum atomic E-state index is -0.332. The van der Waals surface area contributed by atoms with Gasteiger partial charge in [-0.25, -0.2) is 9.48 Å². The quantitative estimate of drug-likeness (QED) is 0.402. The maximum atomic E-state index is 12.8. The molecule has 0 spiro atoms. The molecular weight excluding hydrogens is 474 g/mol. The average Bonchev–Trinajstić information content (AvgIpc) is 3.42. The van der Waals surface area contributed by atoms with Gasteiger partial charge in [-0.3, -0.25) is 10.3 Å². The lowest BCUT2D eigenvalue weighted by atomic mass is 9.92. The van der Waals surface area contributed by atoms with Gasteiger partial charge in [0.05, 0.1) is 13.2 Å². The highest BCUT2D eigenvalue weighted by atomic mass is 35.5. The van der Waals surface area contributed by atoms with Crippen LogP contribution in [0.4, 0.5) is 4.79 Å². The fraction of sp³-hybridized carbons (Fsp3) is 0.292. The van der Waals surface area contributed by atoms with Crippen molar-refractivity contribution >= 4 is 39.9 Å². The number of nitrogens with zero attached hydrogens (tertiary/aromatic N) is 3. The Balaban J connectivity index is 1.43. The van der Waals surface area contributed by atoms with E-state index in [1.807, 2.05) is 49.4 Å². The highest BCUT2D eigenvalue weighted by molar-refractivity contribution is 7.06. The number of aromatic amines is 1. The van der Waals surface area contributed by atoms with Crippen molar-refractivity contribution in [3.05, 3.63) is 74.6 Å². The molecule has 0 saturated heterocycles. The summed E-state index contributed by atoms with van der Waals surface area (Å²) in [6.07, 6.45) is 0.389. The molecule has 3 heterocycles. The first-order chi connectivity index (χ1) is 16.5. The Morgan fingerprint density at radius 3 is 2.85 bits per heavy atom. The lowest BCUT2D eigenvalue weighted by Crippen LogP contribution is -2.40. The first-order valence-corrected chi connectivity index (χ1v) is 12.3. The summed E-state index contributed by atoms with van der Waals surface area (Å²) in [5.41, 5.74) is 5.76. The van der Waals surface area contributed by atoms with Crippen LogP contribution >= 0.6 is 22.9 Å². The molecule has 0 aliphatic carbocycles. The van der Waals surface area contributed by atoms with Crippen LogP contribution in [-0.4, -0.2) is 45.5 Å².